The van der Waals surface area contributed by atoms with Gasteiger partial charge in [-0.15, -0.1) is 0 Å². The summed E-state index contributed by atoms with van der Waals surface area (Å²) in [4.78, 5) is 25.4. The molecule has 0 bridgehead atoms. The molecule has 0 aliphatic carbocycles. The van der Waals surface area contributed by atoms with Crippen LogP contribution in [0.1, 0.15) is 17.5 Å². The van der Waals surface area contributed by atoms with Crippen molar-refractivity contribution in [2.24, 2.45) is 5.92 Å². The Morgan fingerprint density at radius 3 is 2.56 bits per heavy atom. The second kappa shape index (κ2) is 7.70. The van der Waals surface area contributed by atoms with Crippen LogP contribution < -0.4 is 4.90 Å². The number of methoxy groups -OCH3 is 1. The normalized spacial score (nSPS) is 17.0. The van der Waals surface area contributed by atoms with Crippen molar-refractivity contribution >= 4 is 29.2 Å². The number of rotatable bonds is 5. The van der Waals surface area contributed by atoms with Crippen LogP contribution in [-0.4, -0.2) is 25.5 Å². The minimum Gasteiger partial charge on any atom is -0.469 e. The van der Waals surface area contributed by atoms with Crippen molar-refractivity contribution < 1.29 is 14.3 Å². The Bertz CT molecular complexity index is 773. The van der Waals surface area contributed by atoms with Crippen LogP contribution >= 0.6 is 11.6 Å². The summed E-state index contributed by atoms with van der Waals surface area (Å²) in [5.41, 5.74) is 3.22. The molecule has 1 saturated heterocycles. The van der Waals surface area contributed by atoms with Crippen molar-refractivity contribution in [3.05, 3.63) is 64.7 Å². The molecule has 0 spiro atoms. The summed E-state index contributed by atoms with van der Waals surface area (Å²) in [5, 5.41) is 0.751. The minimum atomic E-state index is -0.375. The number of hydrogen-bond donors (Lipinski definition) is 0. The molecule has 0 N–H and O–H groups in total. The van der Waals surface area contributed by atoms with Crippen LogP contribution in [0.5, 0.6) is 0 Å². The number of nitrogens with zero attached hydrogens (tertiary/aromatic N) is 1. The monoisotopic (exact) mass is 357 g/mol. The van der Waals surface area contributed by atoms with Gasteiger partial charge in [0.15, 0.2) is 0 Å². The van der Waals surface area contributed by atoms with E-state index >= 15 is 0 Å². The predicted molar refractivity (Wildman–Crippen MR) is 97.8 cm³/mol. The zero-order valence-corrected chi connectivity index (χ0v) is 14.8. The molecule has 0 unspecified atom stereocenters. The molecule has 0 radical (unpaired) electrons. The van der Waals surface area contributed by atoms with Crippen molar-refractivity contribution in [3.63, 3.8) is 0 Å². The van der Waals surface area contributed by atoms with Gasteiger partial charge >= 0.3 is 5.97 Å². The molecule has 0 saturated carbocycles. The fourth-order valence-electron chi connectivity index (χ4n) is 3.11. The largest absolute Gasteiger partial charge is 0.469 e. The van der Waals surface area contributed by atoms with Crippen LogP contribution in [0.25, 0.3) is 0 Å². The summed E-state index contributed by atoms with van der Waals surface area (Å²) in [7, 11) is 1.35. The summed E-state index contributed by atoms with van der Waals surface area (Å²) >= 11 is 6.01. The first-order chi connectivity index (χ1) is 12.1. The maximum absolute atomic E-state index is 12.1. The van der Waals surface area contributed by atoms with E-state index in [4.69, 9.17) is 16.3 Å². The highest BCUT2D eigenvalue weighted by molar-refractivity contribution is 6.30. The molecule has 5 heteroatoms. The number of amides is 1. The van der Waals surface area contributed by atoms with Gasteiger partial charge in [0.05, 0.1) is 13.0 Å². The summed E-state index contributed by atoms with van der Waals surface area (Å²) in [6, 6.07) is 15.8. The highest BCUT2D eigenvalue weighted by atomic mass is 35.5. The van der Waals surface area contributed by atoms with Gasteiger partial charge in [-0.25, -0.2) is 0 Å². The molecule has 1 aliphatic rings. The molecule has 2 aromatic carbocycles. The van der Waals surface area contributed by atoms with Crippen LogP contribution in [0, 0.1) is 5.92 Å². The van der Waals surface area contributed by atoms with Crippen LogP contribution in [0.4, 0.5) is 5.69 Å². The number of carbonyl (C=O) groups excluding carboxylic acids is 2. The lowest BCUT2D eigenvalue weighted by molar-refractivity contribution is -0.145. The van der Waals surface area contributed by atoms with Crippen molar-refractivity contribution in [2.45, 2.75) is 19.3 Å². The standard InChI is InChI=1S/C20H20ClNO3/c1-25-20(24)16-12-19(23)22(13-16)18-9-7-14(8-10-18)5-6-15-3-2-4-17(21)11-15/h2-4,7-11,16H,5-6,12-13H2,1H3/t16-/m0/s1. The molecular weight excluding hydrogens is 338 g/mol. The Kier molecular flexibility index (Phi) is 5.39. The second-order valence-electron chi connectivity index (χ2n) is 6.22. The Balaban J connectivity index is 1.62. The van der Waals surface area contributed by atoms with Gasteiger partial charge in [0, 0.05) is 23.7 Å². The first-order valence-electron chi connectivity index (χ1n) is 8.28. The van der Waals surface area contributed by atoms with Gasteiger partial charge in [-0.3, -0.25) is 9.59 Å². The van der Waals surface area contributed by atoms with E-state index in [-0.39, 0.29) is 24.2 Å². The fourth-order valence-corrected chi connectivity index (χ4v) is 3.32. The highest BCUT2D eigenvalue weighted by Crippen LogP contribution is 2.26. The molecule has 0 aromatic heterocycles. The van der Waals surface area contributed by atoms with E-state index in [9.17, 15) is 9.59 Å². The van der Waals surface area contributed by atoms with E-state index in [2.05, 4.69) is 6.07 Å². The molecular formula is C20H20ClNO3. The van der Waals surface area contributed by atoms with E-state index in [1.165, 1.54) is 18.2 Å². The van der Waals surface area contributed by atoms with Crippen molar-refractivity contribution in [3.8, 4) is 0 Å². The highest BCUT2D eigenvalue weighted by Gasteiger charge is 2.35. The molecule has 4 nitrogen and oxygen atoms in total. The van der Waals surface area contributed by atoms with E-state index in [1.54, 1.807) is 4.90 Å². The lowest BCUT2D eigenvalue weighted by Gasteiger charge is -2.16. The molecule has 1 fully saturated rings. The zero-order chi connectivity index (χ0) is 17.8. The molecule has 1 heterocycles. The quantitative estimate of drug-likeness (QED) is 0.767. The topological polar surface area (TPSA) is 46.6 Å². The third kappa shape index (κ3) is 4.20. The fraction of sp³-hybridized carbons (Fsp3) is 0.300. The third-order valence-corrected chi connectivity index (χ3v) is 4.73. The number of halogens is 1. The predicted octanol–water partition coefficient (Wildman–Crippen LogP) is 3.65. The maximum Gasteiger partial charge on any atom is 0.311 e. The molecule has 1 atom stereocenters. The first kappa shape index (κ1) is 17.5. The van der Waals surface area contributed by atoms with E-state index in [0.717, 1.165) is 23.6 Å². The Labute approximate surface area is 152 Å². The lowest BCUT2D eigenvalue weighted by Crippen LogP contribution is -2.26. The number of carbonyl (C=O) groups is 2. The molecule has 1 amide bonds. The minimum absolute atomic E-state index is 0.0397. The number of ether oxygens (including phenoxy) is 1. The number of hydrogen-bond acceptors (Lipinski definition) is 3. The van der Waals surface area contributed by atoms with Crippen LogP contribution in [0.15, 0.2) is 48.5 Å². The molecule has 1 aliphatic heterocycles. The number of aryl methyl sites for hydroxylation is 2. The van der Waals surface area contributed by atoms with Gasteiger partial charge in [0.2, 0.25) is 5.91 Å². The molecule has 25 heavy (non-hydrogen) atoms. The smallest absolute Gasteiger partial charge is 0.311 e. The molecule has 2 aromatic rings. The van der Waals surface area contributed by atoms with E-state index in [0.29, 0.717) is 6.54 Å². The number of esters is 1. The summed E-state index contributed by atoms with van der Waals surface area (Å²) in [6.45, 7) is 0.382. The first-order valence-corrected chi connectivity index (χ1v) is 8.66. The van der Waals surface area contributed by atoms with Gasteiger partial charge in [-0.05, 0) is 48.2 Å². The summed E-state index contributed by atoms with van der Waals surface area (Å²) in [5.74, 6) is -0.740. The van der Waals surface area contributed by atoms with Gasteiger partial charge in [-0.2, -0.15) is 0 Å². The SMILES string of the molecule is COC(=O)[C@H]1CC(=O)N(c2ccc(CCc3cccc(Cl)c3)cc2)C1. The van der Waals surface area contributed by atoms with Crippen LogP contribution in [0.3, 0.4) is 0 Å². The Morgan fingerprint density at radius 1 is 1.16 bits per heavy atom. The van der Waals surface area contributed by atoms with Crippen molar-refractivity contribution in [1.29, 1.82) is 0 Å². The molecule has 3 rings (SSSR count). The second-order valence-corrected chi connectivity index (χ2v) is 6.66. The number of anilines is 1. The zero-order valence-electron chi connectivity index (χ0n) is 14.1. The average molecular weight is 358 g/mol. The van der Waals surface area contributed by atoms with Gasteiger partial charge in [0.25, 0.3) is 0 Å². The van der Waals surface area contributed by atoms with Crippen LogP contribution in [0.2, 0.25) is 5.02 Å². The van der Waals surface area contributed by atoms with Gasteiger partial charge < -0.3 is 9.64 Å². The van der Waals surface area contributed by atoms with Crippen molar-refractivity contribution in [2.75, 3.05) is 18.6 Å². The van der Waals surface area contributed by atoms with Gasteiger partial charge in [0.1, 0.15) is 0 Å². The lowest BCUT2D eigenvalue weighted by atomic mass is 10.0. The van der Waals surface area contributed by atoms with Crippen LogP contribution in [-0.2, 0) is 27.2 Å². The average Bonchev–Trinajstić information content (AvgIpc) is 3.01. The van der Waals surface area contributed by atoms with Gasteiger partial charge in [-0.1, -0.05) is 35.9 Å². The summed E-state index contributed by atoms with van der Waals surface area (Å²) < 4.78 is 4.74. The summed E-state index contributed by atoms with van der Waals surface area (Å²) in [6.07, 6.45) is 2.02. The Hall–Kier alpha value is -2.33. The third-order valence-electron chi connectivity index (χ3n) is 4.50. The van der Waals surface area contributed by atoms with E-state index < -0.39 is 0 Å². The number of benzene rings is 2. The van der Waals surface area contributed by atoms with Crippen molar-refractivity contribution in [1.82, 2.24) is 0 Å². The molecule has 130 valence electrons. The maximum atomic E-state index is 12.1. The Morgan fingerprint density at radius 2 is 1.88 bits per heavy atom. The van der Waals surface area contributed by atoms with E-state index in [1.807, 2.05) is 42.5 Å².